The molecule has 0 aromatic carbocycles. The molecule has 9 heteroatoms. The molecule has 0 spiro atoms. The van der Waals surface area contributed by atoms with E-state index in [-0.39, 0.29) is 6.61 Å². The number of nitrogens with zero attached hydrogens (tertiary/aromatic N) is 2. The van der Waals surface area contributed by atoms with Crippen LogP contribution in [-0.2, 0) is 4.74 Å². The molecular formula is C11H12BrN3O4S. The Kier molecular flexibility index (Phi) is 3.65. The number of aromatic amines is 1. The second-order valence-electron chi connectivity index (χ2n) is 4.54. The predicted molar refractivity (Wildman–Crippen MR) is 75.6 cm³/mol. The fourth-order valence-electron chi connectivity index (χ4n) is 2.37. The van der Waals surface area contributed by atoms with Gasteiger partial charge in [-0.15, -0.1) is 0 Å². The molecule has 2 aromatic heterocycles. The van der Waals surface area contributed by atoms with Crippen LogP contribution in [0.1, 0.15) is 6.23 Å². The first-order valence-electron chi connectivity index (χ1n) is 5.90. The molecule has 0 aliphatic carbocycles. The van der Waals surface area contributed by atoms with Crippen molar-refractivity contribution < 1.29 is 20.1 Å². The molecule has 1 aliphatic heterocycles. The van der Waals surface area contributed by atoms with Gasteiger partial charge in [-0.1, -0.05) is 12.2 Å². The van der Waals surface area contributed by atoms with Gasteiger partial charge in [0.25, 0.3) is 0 Å². The molecule has 4 N–H and O–H groups in total. The molecule has 1 saturated heterocycles. The highest BCUT2D eigenvalue weighted by molar-refractivity contribution is 9.10. The maximum absolute atomic E-state index is 10.1. The van der Waals surface area contributed by atoms with Gasteiger partial charge >= 0.3 is 0 Å². The maximum Gasteiger partial charge on any atom is 0.164 e. The number of rotatable bonds is 2. The molecule has 0 amide bonds. The fourth-order valence-corrected chi connectivity index (χ4v) is 3.36. The van der Waals surface area contributed by atoms with Gasteiger partial charge in [0.2, 0.25) is 0 Å². The van der Waals surface area contributed by atoms with Gasteiger partial charge in [0.15, 0.2) is 6.23 Å². The SMILES string of the molecule is OC[C@@H]1O[C@H](n2cc(Br)c3c(=S)nc[nH]c32)[C@@H](O)[C@@H]1O. The van der Waals surface area contributed by atoms with Crippen LogP contribution in [0, 0.1) is 4.64 Å². The number of hydrogen-bond donors (Lipinski definition) is 4. The van der Waals surface area contributed by atoms with Crippen molar-refractivity contribution in [1.82, 2.24) is 14.5 Å². The Morgan fingerprint density at radius 3 is 2.85 bits per heavy atom. The average Bonchev–Trinajstić information content (AvgIpc) is 2.90. The molecule has 0 saturated carbocycles. The molecular weight excluding hydrogens is 350 g/mol. The summed E-state index contributed by atoms with van der Waals surface area (Å²) in [6.45, 7) is -0.368. The number of hydrogen-bond acceptors (Lipinski definition) is 6. The Morgan fingerprint density at radius 1 is 1.45 bits per heavy atom. The van der Waals surface area contributed by atoms with Crippen LogP contribution in [0.4, 0.5) is 0 Å². The van der Waals surface area contributed by atoms with E-state index < -0.39 is 24.5 Å². The monoisotopic (exact) mass is 361 g/mol. The number of fused-ring (bicyclic) bond motifs is 1. The lowest BCUT2D eigenvalue weighted by atomic mass is 10.1. The van der Waals surface area contributed by atoms with E-state index in [1.54, 1.807) is 10.8 Å². The number of aromatic nitrogens is 3. The Morgan fingerprint density at radius 2 is 2.20 bits per heavy atom. The van der Waals surface area contributed by atoms with Crippen molar-refractivity contribution in [3.05, 3.63) is 21.6 Å². The van der Waals surface area contributed by atoms with E-state index >= 15 is 0 Å². The average molecular weight is 362 g/mol. The molecule has 7 nitrogen and oxygen atoms in total. The maximum atomic E-state index is 10.1. The third kappa shape index (κ3) is 2.01. The van der Waals surface area contributed by atoms with Crippen LogP contribution >= 0.6 is 28.1 Å². The van der Waals surface area contributed by atoms with E-state index in [4.69, 9.17) is 22.1 Å². The molecule has 0 radical (unpaired) electrons. The van der Waals surface area contributed by atoms with Crippen molar-refractivity contribution in [3.63, 3.8) is 0 Å². The molecule has 2 aromatic rings. The first kappa shape index (κ1) is 14.1. The minimum atomic E-state index is -1.15. The van der Waals surface area contributed by atoms with Crippen molar-refractivity contribution >= 4 is 39.2 Å². The van der Waals surface area contributed by atoms with Gasteiger partial charge in [-0.25, -0.2) is 4.98 Å². The zero-order chi connectivity index (χ0) is 14.4. The van der Waals surface area contributed by atoms with Crippen molar-refractivity contribution in [2.24, 2.45) is 0 Å². The lowest BCUT2D eigenvalue weighted by Gasteiger charge is -2.17. The minimum absolute atomic E-state index is 0.368. The van der Waals surface area contributed by atoms with Gasteiger partial charge in [-0.3, -0.25) is 0 Å². The molecule has 1 fully saturated rings. The van der Waals surface area contributed by atoms with E-state index in [0.717, 1.165) is 0 Å². The predicted octanol–water partition coefficient (Wildman–Crippen LogP) is 0.468. The van der Waals surface area contributed by atoms with E-state index in [2.05, 4.69) is 25.9 Å². The number of H-pyrrole nitrogens is 1. The topological polar surface area (TPSA) is 104 Å². The van der Waals surface area contributed by atoms with Crippen LogP contribution < -0.4 is 0 Å². The molecule has 3 heterocycles. The summed E-state index contributed by atoms with van der Waals surface area (Å²) in [7, 11) is 0. The largest absolute Gasteiger partial charge is 0.394 e. The molecule has 4 atom stereocenters. The summed E-state index contributed by atoms with van der Waals surface area (Å²) in [5.41, 5.74) is 0.617. The molecule has 0 unspecified atom stereocenters. The molecule has 0 bridgehead atoms. The van der Waals surface area contributed by atoms with Gasteiger partial charge in [-0.2, -0.15) is 0 Å². The second kappa shape index (κ2) is 5.17. The summed E-state index contributed by atoms with van der Waals surface area (Å²) < 4.78 is 8.25. The number of aliphatic hydroxyl groups is 3. The highest BCUT2D eigenvalue weighted by Gasteiger charge is 2.43. The molecule has 3 rings (SSSR count). The summed E-state index contributed by atoms with van der Waals surface area (Å²) >= 11 is 8.55. The lowest BCUT2D eigenvalue weighted by Crippen LogP contribution is -2.33. The van der Waals surface area contributed by atoms with Crippen molar-refractivity contribution in [2.45, 2.75) is 24.5 Å². The Labute approximate surface area is 127 Å². The van der Waals surface area contributed by atoms with Gasteiger partial charge < -0.3 is 29.6 Å². The van der Waals surface area contributed by atoms with Gasteiger partial charge in [0, 0.05) is 10.7 Å². The van der Waals surface area contributed by atoms with E-state index in [0.29, 0.717) is 20.1 Å². The van der Waals surface area contributed by atoms with Crippen LogP contribution in [0.25, 0.3) is 11.0 Å². The summed E-state index contributed by atoms with van der Waals surface area (Å²) in [5.74, 6) is 0. The van der Waals surface area contributed by atoms with Crippen molar-refractivity contribution in [3.8, 4) is 0 Å². The van der Waals surface area contributed by atoms with Crippen LogP contribution in [0.15, 0.2) is 17.0 Å². The first-order valence-corrected chi connectivity index (χ1v) is 7.11. The van der Waals surface area contributed by atoms with Crippen LogP contribution in [0.2, 0.25) is 0 Å². The third-order valence-corrected chi connectivity index (χ3v) is 4.29. The zero-order valence-corrected chi connectivity index (χ0v) is 12.5. The summed E-state index contributed by atoms with van der Waals surface area (Å²) in [6.07, 6.45) is -0.788. The summed E-state index contributed by atoms with van der Waals surface area (Å²) in [5, 5.41) is 29.7. The molecule has 1 aliphatic rings. The fraction of sp³-hybridized carbons (Fsp3) is 0.455. The van der Waals surface area contributed by atoms with Gasteiger partial charge in [-0.05, 0) is 15.9 Å². The van der Waals surface area contributed by atoms with Crippen molar-refractivity contribution in [2.75, 3.05) is 6.61 Å². The third-order valence-electron chi connectivity index (χ3n) is 3.37. The normalized spacial score (nSPS) is 30.2. The van der Waals surface area contributed by atoms with Gasteiger partial charge in [0.05, 0.1) is 18.3 Å². The Bertz CT molecular complexity index is 703. The van der Waals surface area contributed by atoms with E-state index in [1.807, 2.05) is 0 Å². The van der Waals surface area contributed by atoms with Crippen LogP contribution in [0.3, 0.4) is 0 Å². The van der Waals surface area contributed by atoms with E-state index in [1.165, 1.54) is 6.33 Å². The van der Waals surface area contributed by atoms with Crippen molar-refractivity contribution in [1.29, 1.82) is 0 Å². The van der Waals surface area contributed by atoms with E-state index in [9.17, 15) is 10.2 Å². The lowest BCUT2D eigenvalue weighted by molar-refractivity contribution is -0.0509. The summed E-state index contributed by atoms with van der Waals surface area (Å²) in [4.78, 5) is 6.94. The number of ether oxygens (including phenoxy) is 1. The number of nitrogens with one attached hydrogen (secondary N) is 1. The Hall–Kier alpha value is -0.840. The highest BCUT2D eigenvalue weighted by Crippen LogP contribution is 2.34. The quantitative estimate of drug-likeness (QED) is 0.579. The zero-order valence-electron chi connectivity index (χ0n) is 10.1. The minimum Gasteiger partial charge on any atom is -0.394 e. The highest BCUT2D eigenvalue weighted by atomic mass is 79.9. The standard InChI is InChI=1S/C11H12BrN3O4S/c12-4-1-15(9-6(4)10(20)14-3-13-9)11-8(18)7(17)5(2-16)19-11/h1,3,5,7-8,11,16-18H,2H2,(H,13,14,20)/t5-,7+,8-,11-/m0/s1. The molecule has 108 valence electrons. The smallest absolute Gasteiger partial charge is 0.164 e. The Balaban J connectivity index is 2.12. The van der Waals surface area contributed by atoms with Crippen LogP contribution in [0.5, 0.6) is 0 Å². The summed E-state index contributed by atoms with van der Waals surface area (Å²) in [6, 6.07) is 0. The number of aliphatic hydroxyl groups excluding tert-OH is 3. The molecule has 20 heavy (non-hydrogen) atoms. The first-order chi connectivity index (χ1) is 9.54. The van der Waals surface area contributed by atoms with Crippen LogP contribution in [-0.4, -0.2) is 54.8 Å². The second-order valence-corrected chi connectivity index (χ2v) is 5.79. The van der Waals surface area contributed by atoms with Gasteiger partial charge in [0.1, 0.15) is 28.6 Å². The number of halogens is 1.